The smallest absolute Gasteiger partial charge is 0.271 e. The van der Waals surface area contributed by atoms with Crippen LogP contribution in [0.2, 0.25) is 5.02 Å². The average Bonchev–Trinajstić information content (AvgIpc) is 3.27. The van der Waals surface area contributed by atoms with Gasteiger partial charge in [0.2, 0.25) is 0 Å². The highest BCUT2D eigenvalue weighted by molar-refractivity contribution is 6.30. The molecular formula is C19H23ClN4O3. The standard InChI is InChI=1S/C19H23ClN4O3/c1-11(12-4-3-5-13(20)8-12)24-17(10-16(23-24)18(26)21-2)19(27)22-14-6-7-15(25)9-14/h3-5,8,10-11,14-15,25H,6-7,9H2,1-2H3,(H,21,26)(H,22,27)/t11-,14+,15+/m0/s1. The molecule has 3 atom stereocenters. The summed E-state index contributed by atoms with van der Waals surface area (Å²) in [6.07, 6.45) is 1.55. The lowest BCUT2D eigenvalue weighted by Gasteiger charge is -2.18. The van der Waals surface area contributed by atoms with Crippen LogP contribution in [0.4, 0.5) is 0 Å². The van der Waals surface area contributed by atoms with Crippen molar-refractivity contribution in [3.05, 3.63) is 52.3 Å². The molecule has 0 bridgehead atoms. The van der Waals surface area contributed by atoms with E-state index in [0.29, 0.717) is 23.6 Å². The van der Waals surface area contributed by atoms with Crippen LogP contribution in [0, 0.1) is 0 Å². The zero-order chi connectivity index (χ0) is 19.6. The number of aliphatic hydroxyl groups excluding tert-OH is 1. The SMILES string of the molecule is CNC(=O)c1cc(C(=O)N[C@@H]2CC[C@@H](O)C2)n([C@@H](C)c2cccc(Cl)c2)n1. The topological polar surface area (TPSA) is 96.3 Å². The minimum absolute atomic E-state index is 0.0826. The van der Waals surface area contributed by atoms with Crippen LogP contribution in [-0.4, -0.2) is 45.9 Å². The molecule has 1 aromatic carbocycles. The van der Waals surface area contributed by atoms with Gasteiger partial charge >= 0.3 is 0 Å². The lowest BCUT2D eigenvalue weighted by Crippen LogP contribution is -2.35. The number of hydrogen-bond acceptors (Lipinski definition) is 4. The Morgan fingerprint density at radius 3 is 2.70 bits per heavy atom. The molecule has 1 saturated carbocycles. The summed E-state index contributed by atoms with van der Waals surface area (Å²) in [6, 6.07) is 8.42. The Morgan fingerprint density at radius 2 is 2.07 bits per heavy atom. The van der Waals surface area contributed by atoms with Crippen LogP contribution < -0.4 is 10.6 Å². The van der Waals surface area contributed by atoms with E-state index in [2.05, 4.69) is 15.7 Å². The fourth-order valence-electron chi connectivity index (χ4n) is 3.35. The Balaban J connectivity index is 1.92. The van der Waals surface area contributed by atoms with Crippen molar-refractivity contribution in [2.24, 2.45) is 0 Å². The Hall–Kier alpha value is -2.38. The van der Waals surface area contributed by atoms with E-state index < -0.39 is 0 Å². The van der Waals surface area contributed by atoms with Crippen LogP contribution in [0.15, 0.2) is 30.3 Å². The first kappa shape index (κ1) is 19.4. The van der Waals surface area contributed by atoms with E-state index in [-0.39, 0.29) is 35.7 Å². The average molecular weight is 391 g/mol. The maximum atomic E-state index is 12.8. The van der Waals surface area contributed by atoms with E-state index in [4.69, 9.17) is 11.6 Å². The highest BCUT2D eigenvalue weighted by Gasteiger charge is 2.28. The van der Waals surface area contributed by atoms with Crippen molar-refractivity contribution in [2.45, 2.75) is 44.4 Å². The van der Waals surface area contributed by atoms with Crippen molar-refractivity contribution in [3.8, 4) is 0 Å². The van der Waals surface area contributed by atoms with Gasteiger partial charge in [0.15, 0.2) is 5.69 Å². The molecule has 0 unspecified atom stereocenters. The summed E-state index contributed by atoms with van der Waals surface area (Å²) in [5, 5.41) is 20.1. The van der Waals surface area contributed by atoms with Crippen LogP contribution in [0.5, 0.6) is 0 Å². The Kier molecular flexibility index (Phi) is 5.82. The van der Waals surface area contributed by atoms with Gasteiger partial charge in [-0.15, -0.1) is 0 Å². The molecule has 8 heteroatoms. The van der Waals surface area contributed by atoms with Crippen molar-refractivity contribution in [1.82, 2.24) is 20.4 Å². The largest absolute Gasteiger partial charge is 0.393 e. The molecule has 1 aromatic heterocycles. The molecule has 0 aliphatic heterocycles. The van der Waals surface area contributed by atoms with Crippen LogP contribution in [-0.2, 0) is 0 Å². The minimum atomic E-state index is -0.382. The molecule has 1 aliphatic carbocycles. The number of aromatic nitrogens is 2. The molecule has 27 heavy (non-hydrogen) atoms. The predicted octanol–water partition coefficient (Wildman–Crippen LogP) is 2.15. The monoisotopic (exact) mass is 390 g/mol. The zero-order valence-corrected chi connectivity index (χ0v) is 16.0. The van der Waals surface area contributed by atoms with E-state index in [9.17, 15) is 14.7 Å². The molecule has 3 N–H and O–H groups in total. The second-order valence-electron chi connectivity index (χ2n) is 6.81. The number of aliphatic hydroxyl groups is 1. The first-order chi connectivity index (χ1) is 12.9. The summed E-state index contributed by atoms with van der Waals surface area (Å²) in [5.41, 5.74) is 1.34. The van der Waals surface area contributed by atoms with Gasteiger partial charge in [-0.25, -0.2) is 0 Å². The second kappa shape index (κ2) is 8.10. The third kappa shape index (κ3) is 4.31. The summed E-state index contributed by atoms with van der Waals surface area (Å²) in [5.74, 6) is -0.678. The number of amides is 2. The highest BCUT2D eigenvalue weighted by Crippen LogP contribution is 2.24. The maximum Gasteiger partial charge on any atom is 0.271 e. The van der Waals surface area contributed by atoms with Gasteiger partial charge in [-0.2, -0.15) is 5.10 Å². The third-order valence-electron chi connectivity index (χ3n) is 4.87. The normalized spacial score (nSPS) is 20.3. The molecule has 0 saturated heterocycles. The van der Waals surface area contributed by atoms with Gasteiger partial charge in [0, 0.05) is 24.2 Å². The van der Waals surface area contributed by atoms with Gasteiger partial charge in [0.1, 0.15) is 5.69 Å². The van der Waals surface area contributed by atoms with Crippen molar-refractivity contribution < 1.29 is 14.7 Å². The molecule has 2 aromatic rings. The summed E-state index contributed by atoms with van der Waals surface area (Å²) >= 11 is 6.09. The number of carbonyl (C=O) groups is 2. The maximum absolute atomic E-state index is 12.8. The summed E-state index contributed by atoms with van der Waals surface area (Å²) in [4.78, 5) is 24.9. The van der Waals surface area contributed by atoms with Crippen LogP contribution in [0.25, 0.3) is 0 Å². The number of carbonyl (C=O) groups excluding carboxylic acids is 2. The molecule has 1 fully saturated rings. The predicted molar refractivity (Wildman–Crippen MR) is 102 cm³/mol. The van der Waals surface area contributed by atoms with Crippen molar-refractivity contribution >= 4 is 23.4 Å². The number of hydrogen-bond donors (Lipinski definition) is 3. The first-order valence-corrected chi connectivity index (χ1v) is 9.33. The van der Waals surface area contributed by atoms with E-state index >= 15 is 0 Å². The van der Waals surface area contributed by atoms with Crippen LogP contribution in [0.3, 0.4) is 0 Å². The molecule has 3 rings (SSSR count). The molecule has 1 heterocycles. The first-order valence-electron chi connectivity index (χ1n) is 8.95. The second-order valence-corrected chi connectivity index (χ2v) is 7.24. The highest BCUT2D eigenvalue weighted by atomic mass is 35.5. The van der Waals surface area contributed by atoms with Crippen LogP contribution in [0.1, 0.15) is 58.8 Å². The van der Waals surface area contributed by atoms with Gasteiger partial charge in [-0.3, -0.25) is 14.3 Å². The van der Waals surface area contributed by atoms with Gasteiger partial charge in [0.05, 0.1) is 12.1 Å². The Morgan fingerprint density at radius 1 is 1.30 bits per heavy atom. The van der Waals surface area contributed by atoms with Crippen LogP contribution >= 0.6 is 11.6 Å². The summed E-state index contributed by atoms with van der Waals surface area (Å²) < 4.78 is 1.54. The molecule has 7 nitrogen and oxygen atoms in total. The molecule has 144 valence electrons. The van der Waals surface area contributed by atoms with Crippen molar-refractivity contribution in [3.63, 3.8) is 0 Å². The van der Waals surface area contributed by atoms with Crippen molar-refractivity contribution in [1.29, 1.82) is 0 Å². The van der Waals surface area contributed by atoms with Crippen molar-refractivity contribution in [2.75, 3.05) is 7.05 Å². The number of halogens is 1. The number of nitrogens with zero attached hydrogens (tertiary/aromatic N) is 2. The van der Waals surface area contributed by atoms with E-state index in [1.165, 1.54) is 17.8 Å². The molecule has 1 aliphatic rings. The molecule has 2 amide bonds. The lowest BCUT2D eigenvalue weighted by atomic mass is 10.1. The third-order valence-corrected chi connectivity index (χ3v) is 5.10. The summed E-state index contributed by atoms with van der Waals surface area (Å²) in [7, 11) is 1.52. The molecule has 0 spiro atoms. The lowest BCUT2D eigenvalue weighted by molar-refractivity contribution is 0.0919. The van der Waals surface area contributed by atoms with E-state index in [1.54, 1.807) is 6.07 Å². The van der Waals surface area contributed by atoms with Gasteiger partial charge in [-0.1, -0.05) is 23.7 Å². The van der Waals surface area contributed by atoms with E-state index in [0.717, 1.165) is 12.0 Å². The minimum Gasteiger partial charge on any atom is -0.393 e. The molecular weight excluding hydrogens is 368 g/mol. The van der Waals surface area contributed by atoms with Gasteiger partial charge in [-0.05, 0) is 43.9 Å². The Bertz CT molecular complexity index is 851. The van der Waals surface area contributed by atoms with E-state index in [1.807, 2.05) is 25.1 Å². The quantitative estimate of drug-likeness (QED) is 0.728. The zero-order valence-electron chi connectivity index (χ0n) is 15.3. The number of nitrogens with one attached hydrogen (secondary N) is 2. The summed E-state index contributed by atoms with van der Waals surface area (Å²) in [6.45, 7) is 1.89. The number of benzene rings is 1. The van der Waals surface area contributed by atoms with Gasteiger partial charge < -0.3 is 15.7 Å². The fourth-order valence-corrected chi connectivity index (χ4v) is 3.55. The fraction of sp³-hybridized carbons (Fsp3) is 0.421. The molecule has 0 radical (unpaired) electrons. The van der Waals surface area contributed by atoms with Gasteiger partial charge in [0.25, 0.3) is 11.8 Å². The Labute approximate surface area is 162 Å². The number of rotatable bonds is 5.